The fourth-order valence-corrected chi connectivity index (χ4v) is 5.45. The number of tetrazole rings is 1. The third-order valence-electron chi connectivity index (χ3n) is 2.53. The van der Waals surface area contributed by atoms with Crippen molar-refractivity contribution in [1.82, 2.24) is 20.2 Å². The van der Waals surface area contributed by atoms with E-state index in [1.807, 2.05) is 27.8 Å². The van der Waals surface area contributed by atoms with Crippen LogP contribution in [0.1, 0.15) is 27.2 Å². The van der Waals surface area contributed by atoms with Crippen molar-refractivity contribution in [1.29, 1.82) is 0 Å². The minimum absolute atomic E-state index is 0.618. The van der Waals surface area contributed by atoms with E-state index in [0.29, 0.717) is 19.8 Å². The van der Waals surface area contributed by atoms with Crippen LogP contribution in [0.2, 0.25) is 6.04 Å². The van der Waals surface area contributed by atoms with Gasteiger partial charge in [-0.2, -0.15) is 0 Å². The summed E-state index contributed by atoms with van der Waals surface area (Å²) in [5, 5.41) is 12.2. The number of thioether (sulfide) groups is 1. The van der Waals surface area contributed by atoms with Crippen LogP contribution in [0, 0.1) is 0 Å². The second-order valence-corrected chi connectivity index (χ2v) is 7.81. The van der Waals surface area contributed by atoms with Crippen LogP contribution in [0.4, 0.5) is 0 Å². The topological polar surface area (TPSA) is 71.3 Å². The molecule has 0 aliphatic heterocycles. The standard InChI is InChI=1S/C11H24N4O3SSi/c1-5-16-20(17-6-2,18-7-3)10-8-9-19-11-12-13-14-15(11)4/h5-10H2,1-4H3. The molecule has 116 valence electrons. The molecular formula is C11H24N4O3SSi. The van der Waals surface area contributed by atoms with E-state index < -0.39 is 8.80 Å². The van der Waals surface area contributed by atoms with E-state index in [4.69, 9.17) is 13.3 Å². The summed E-state index contributed by atoms with van der Waals surface area (Å²) in [4.78, 5) is 0. The van der Waals surface area contributed by atoms with Crippen LogP contribution in [0.3, 0.4) is 0 Å². The molecule has 7 nitrogen and oxygen atoms in total. The highest BCUT2D eigenvalue weighted by Crippen LogP contribution is 2.21. The highest BCUT2D eigenvalue weighted by atomic mass is 32.2. The minimum atomic E-state index is -2.50. The maximum absolute atomic E-state index is 5.81. The molecule has 1 heterocycles. The highest BCUT2D eigenvalue weighted by molar-refractivity contribution is 7.99. The number of aryl methyl sites for hydroxylation is 1. The van der Waals surface area contributed by atoms with Gasteiger partial charge < -0.3 is 13.3 Å². The molecule has 0 bridgehead atoms. The first kappa shape index (κ1) is 17.6. The van der Waals surface area contributed by atoms with Gasteiger partial charge in [0, 0.05) is 38.7 Å². The lowest BCUT2D eigenvalue weighted by Gasteiger charge is -2.28. The first-order valence-electron chi connectivity index (χ1n) is 6.94. The van der Waals surface area contributed by atoms with Crippen molar-refractivity contribution in [3.63, 3.8) is 0 Å². The lowest BCUT2D eigenvalue weighted by Crippen LogP contribution is -2.46. The van der Waals surface area contributed by atoms with E-state index in [0.717, 1.165) is 23.4 Å². The lowest BCUT2D eigenvalue weighted by molar-refractivity contribution is 0.0712. The van der Waals surface area contributed by atoms with Gasteiger partial charge in [-0.3, -0.25) is 0 Å². The molecule has 20 heavy (non-hydrogen) atoms. The van der Waals surface area contributed by atoms with Crippen molar-refractivity contribution in [2.45, 2.75) is 38.4 Å². The van der Waals surface area contributed by atoms with Gasteiger partial charge in [-0.05, 0) is 37.6 Å². The molecule has 0 aliphatic rings. The van der Waals surface area contributed by atoms with Gasteiger partial charge in [0.1, 0.15) is 0 Å². The molecule has 0 saturated heterocycles. The minimum Gasteiger partial charge on any atom is -0.374 e. The van der Waals surface area contributed by atoms with Crippen LogP contribution in [-0.4, -0.2) is 54.6 Å². The zero-order valence-corrected chi connectivity index (χ0v) is 14.5. The first-order chi connectivity index (χ1) is 9.67. The molecule has 1 aromatic rings. The number of aromatic nitrogens is 4. The normalized spacial score (nSPS) is 12.0. The van der Waals surface area contributed by atoms with Crippen molar-refractivity contribution >= 4 is 20.6 Å². The van der Waals surface area contributed by atoms with Crippen molar-refractivity contribution < 1.29 is 13.3 Å². The van der Waals surface area contributed by atoms with Gasteiger partial charge in [-0.15, -0.1) is 5.10 Å². The van der Waals surface area contributed by atoms with E-state index in [1.54, 1.807) is 16.4 Å². The van der Waals surface area contributed by atoms with Crippen molar-refractivity contribution in [2.75, 3.05) is 25.6 Å². The number of nitrogens with zero attached hydrogens (tertiary/aromatic N) is 4. The van der Waals surface area contributed by atoms with Crippen LogP contribution in [0.15, 0.2) is 5.16 Å². The zero-order valence-electron chi connectivity index (χ0n) is 12.7. The highest BCUT2D eigenvalue weighted by Gasteiger charge is 2.39. The summed E-state index contributed by atoms with van der Waals surface area (Å²) in [5.74, 6) is 0.913. The third-order valence-corrected chi connectivity index (χ3v) is 6.78. The van der Waals surface area contributed by atoms with Crippen LogP contribution in [0.25, 0.3) is 0 Å². The van der Waals surface area contributed by atoms with Gasteiger partial charge >= 0.3 is 8.80 Å². The summed E-state index contributed by atoms with van der Waals surface area (Å²) < 4.78 is 19.1. The Bertz CT molecular complexity index is 363. The van der Waals surface area contributed by atoms with Gasteiger partial charge in [0.05, 0.1) is 0 Å². The van der Waals surface area contributed by atoms with Crippen molar-refractivity contribution in [3.8, 4) is 0 Å². The zero-order chi connectivity index (χ0) is 14.8. The fraction of sp³-hybridized carbons (Fsp3) is 0.909. The number of hydrogen-bond acceptors (Lipinski definition) is 7. The summed E-state index contributed by atoms with van der Waals surface area (Å²) >= 11 is 1.63. The van der Waals surface area contributed by atoms with Crippen LogP contribution in [-0.2, 0) is 20.3 Å². The Labute approximate surface area is 125 Å². The van der Waals surface area contributed by atoms with Gasteiger partial charge in [-0.25, -0.2) is 4.68 Å². The Morgan fingerprint density at radius 3 is 2.15 bits per heavy atom. The van der Waals surface area contributed by atoms with Gasteiger partial charge in [0.2, 0.25) is 5.16 Å². The van der Waals surface area contributed by atoms with E-state index in [-0.39, 0.29) is 0 Å². The Morgan fingerprint density at radius 1 is 1.10 bits per heavy atom. The summed E-state index contributed by atoms with van der Waals surface area (Å²) in [5.41, 5.74) is 0. The average Bonchev–Trinajstić information content (AvgIpc) is 2.81. The molecule has 9 heteroatoms. The summed E-state index contributed by atoms with van der Waals surface area (Å²) in [7, 11) is -0.668. The van der Waals surface area contributed by atoms with Crippen LogP contribution >= 0.6 is 11.8 Å². The second-order valence-electron chi connectivity index (χ2n) is 4.02. The molecule has 0 radical (unpaired) electrons. The van der Waals surface area contributed by atoms with Gasteiger partial charge in [0.25, 0.3) is 0 Å². The average molecular weight is 320 g/mol. The second kappa shape index (κ2) is 9.45. The Hall–Kier alpha value is -0.483. The smallest absolute Gasteiger partial charge is 0.374 e. The lowest BCUT2D eigenvalue weighted by atomic mass is 10.6. The molecule has 1 aromatic heterocycles. The molecule has 1 rings (SSSR count). The Balaban J connectivity index is 2.42. The molecule has 0 saturated carbocycles. The molecule has 0 amide bonds. The molecule has 0 fully saturated rings. The molecule has 0 aliphatic carbocycles. The summed E-state index contributed by atoms with van der Waals surface area (Å²) in [6.45, 7) is 7.77. The SMILES string of the molecule is CCO[Si](CCCSc1nnnn1C)(OCC)OCC. The largest absolute Gasteiger partial charge is 0.500 e. The van der Waals surface area contributed by atoms with Gasteiger partial charge in [0.15, 0.2) is 0 Å². The molecular weight excluding hydrogens is 296 g/mol. The van der Waals surface area contributed by atoms with Gasteiger partial charge in [-0.1, -0.05) is 11.8 Å². The number of rotatable bonds is 11. The molecule has 0 unspecified atom stereocenters. The maximum Gasteiger partial charge on any atom is 0.500 e. The summed E-state index contributed by atoms with van der Waals surface area (Å²) in [6.07, 6.45) is 0.948. The van der Waals surface area contributed by atoms with E-state index in [9.17, 15) is 0 Å². The predicted molar refractivity (Wildman–Crippen MR) is 79.6 cm³/mol. The van der Waals surface area contributed by atoms with Crippen molar-refractivity contribution in [2.24, 2.45) is 7.05 Å². The van der Waals surface area contributed by atoms with E-state index in [1.165, 1.54) is 0 Å². The maximum atomic E-state index is 5.81. The molecule has 0 atom stereocenters. The summed E-state index contributed by atoms with van der Waals surface area (Å²) in [6, 6.07) is 0.820. The molecule has 0 aromatic carbocycles. The third kappa shape index (κ3) is 5.48. The first-order valence-corrected chi connectivity index (χ1v) is 9.86. The monoisotopic (exact) mass is 320 g/mol. The van der Waals surface area contributed by atoms with E-state index in [2.05, 4.69) is 15.5 Å². The predicted octanol–water partition coefficient (Wildman–Crippen LogP) is 1.74. The quantitative estimate of drug-likeness (QED) is 0.349. The number of hydrogen-bond donors (Lipinski definition) is 0. The fourth-order valence-electron chi connectivity index (χ4n) is 1.80. The Morgan fingerprint density at radius 2 is 1.70 bits per heavy atom. The van der Waals surface area contributed by atoms with Crippen LogP contribution < -0.4 is 0 Å². The van der Waals surface area contributed by atoms with Crippen molar-refractivity contribution in [3.05, 3.63) is 0 Å². The van der Waals surface area contributed by atoms with Crippen LogP contribution in [0.5, 0.6) is 0 Å². The molecule has 0 N–H and O–H groups in total. The molecule has 0 spiro atoms. The Kier molecular flexibility index (Phi) is 8.30. The van der Waals surface area contributed by atoms with E-state index >= 15 is 0 Å².